The molecule has 0 N–H and O–H groups in total. The summed E-state index contributed by atoms with van der Waals surface area (Å²) in [6.07, 6.45) is 4.89. The minimum atomic E-state index is -0.0348. The Morgan fingerprint density at radius 3 is 2.64 bits per heavy atom. The zero-order chi connectivity index (χ0) is 23.7. The molecule has 7 heteroatoms. The monoisotopic (exact) mass is 482 g/mol. The fourth-order valence-electron chi connectivity index (χ4n) is 4.81. The third kappa shape index (κ3) is 4.60. The summed E-state index contributed by atoms with van der Waals surface area (Å²) in [5.41, 5.74) is 4.46. The fraction of sp³-hybridized carbons (Fsp3) is 0.423. The van der Waals surface area contributed by atoms with Crippen molar-refractivity contribution in [2.75, 3.05) is 13.1 Å². The van der Waals surface area contributed by atoms with Crippen LogP contribution in [0, 0.1) is 24.2 Å². The van der Waals surface area contributed by atoms with E-state index in [4.69, 9.17) is 28.2 Å². The van der Waals surface area contributed by atoms with Gasteiger partial charge in [-0.05, 0) is 61.1 Å². The molecule has 5 nitrogen and oxygen atoms in total. The van der Waals surface area contributed by atoms with Crippen molar-refractivity contribution in [3.8, 4) is 6.07 Å². The number of hydrogen-bond acceptors (Lipinski definition) is 3. The van der Waals surface area contributed by atoms with Gasteiger partial charge < -0.3 is 9.47 Å². The van der Waals surface area contributed by atoms with Crippen LogP contribution in [0.1, 0.15) is 65.5 Å². The van der Waals surface area contributed by atoms with Crippen molar-refractivity contribution in [1.29, 1.82) is 5.26 Å². The van der Waals surface area contributed by atoms with Gasteiger partial charge in [-0.15, -0.1) is 0 Å². The lowest BCUT2D eigenvalue weighted by Crippen LogP contribution is -2.38. The van der Waals surface area contributed by atoms with Crippen molar-refractivity contribution in [3.05, 3.63) is 62.4 Å². The minimum Gasteiger partial charge on any atom is -0.339 e. The Morgan fingerprint density at radius 2 is 1.97 bits per heavy atom. The number of halogens is 2. The topological polar surface area (TPSA) is 61.9 Å². The quantitative estimate of drug-likeness (QED) is 0.428. The smallest absolute Gasteiger partial charge is 0.255 e. The van der Waals surface area contributed by atoms with E-state index in [2.05, 4.69) is 13.0 Å². The molecule has 0 unspecified atom stereocenters. The molecule has 1 saturated heterocycles. The van der Waals surface area contributed by atoms with Crippen LogP contribution in [-0.4, -0.2) is 33.4 Å². The van der Waals surface area contributed by atoms with Gasteiger partial charge in [-0.3, -0.25) is 4.79 Å². The molecule has 2 heterocycles. The van der Waals surface area contributed by atoms with E-state index in [0.29, 0.717) is 39.1 Å². The molecular weight excluding hydrogens is 455 g/mol. The molecule has 0 atom stereocenters. The molecule has 0 aliphatic carbocycles. The molecule has 1 aliphatic rings. The molecule has 3 aromatic rings. The van der Waals surface area contributed by atoms with Gasteiger partial charge in [0.15, 0.2) is 0 Å². The van der Waals surface area contributed by atoms with E-state index in [-0.39, 0.29) is 5.91 Å². The van der Waals surface area contributed by atoms with Crippen LogP contribution in [0.2, 0.25) is 10.0 Å². The van der Waals surface area contributed by atoms with E-state index in [0.717, 1.165) is 48.4 Å². The van der Waals surface area contributed by atoms with Gasteiger partial charge in [-0.2, -0.15) is 5.26 Å². The molecule has 2 aromatic carbocycles. The average molecular weight is 483 g/mol. The number of imidazole rings is 1. The summed E-state index contributed by atoms with van der Waals surface area (Å²) in [4.78, 5) is 20.0. The van der Waals surface area contributed by atoms with Gasteiger partial charge in [0.1, 0.15) is 5.82 Å². The molecule has 172 valence electrons. The maximum atomic E-state index is 13.3. The number of aromatic nitrogens is 2. The van der Waals surface area contributed by atoms with Gasteiger partial charge in [0.2, 0.25) is 0 Å². The van der Waals surface area contributed by atoms with E-state index in [1.165, 1.54) is 12.8 Å². The molecule has 1 aliphatic heterocycles. The highest BCUT2D eigenvalue weighted by molar-refractivity contribution is 6.38. The van der Waals surface area contributed by atoms with Crippen LogP contribution in [0.5, 0.6) is 0 Å². The van der Waals surface area contributed by atoms with Crippen molar-refractivity contribution < 1.29 is 4.79 Å². The first kappa shape index (κ1) is 23.6. The highest BCUT2D eigenvalue weighted by atomic mass is 35.5. The first-order valence-electron chi connectivity index (χ1n) is 11.5. The van der Waals surface area contributed by atoms with Gasteiger partial charge >= 0.3 is 0 Å². The van der Waals surface area contributed by atoms with Gasteiger partial charge in [-0.1, -0.05) is 43.0 Å². The summed E-state index contributed by atoms with van der Waals surface area (Å²) in [6.45, 7) is 5.69. The number of nitrogens with zero attached hydrogens (tertiary/aromatic N) is 4. The molecule has 1 amide bonds. The Balaban J connectivity index is 1.63. The van der Waals surface area contributed by atoms with E-state index < -0.39 is 0 Å². The summed E-state index contributed by atoms with van der Waals surface area (Å²) in [5.74, 6) is 1.45. The second-order valence-corrected chi connectivity index (χ2v) is 9.73. The number of hydrogen-bond donors (Lipinski definition) is 0. The van der Waals surface area contributed by atoms with E-state index in [1.807, 2.05) is 35.6 Å². The first-order chi connectivity index (χ1) is 15.8. The van der Waals surface area contributed by atoms with E-state index >= 15 is 0 Å². The van der Waals surface area contributed by atoms with Crippen LogP contribution < -0.4 is 0 Å². The fourth-order valence-corrected chi connectivity index (χ4v) is 5.40. The van der Waals surface area contributed by atoms with Crippen molar-refractivity contribution in [2.24, 2.45) is 13.0 Å². The lowest BCUT2D eigenvalue weighted by molar-refractivity contribution is 0.0686. The molecular formula is C26H28Cl2N4O. The zero-order valence-corrected chi connectivity index (χ0v) is 20.8. The summed E-state index contributed by atoms with van der Waals surface area (Å²) in [5, 5.41) is 10.2. The molecule has 4 rings (SSSR count). The Hall–Kier alpha value is -2.55. The van der Waals surface area contributed by atoms with Gasteiger partial charge in [0.05, 0.1) is 33.3 Å². The SMILES string of the molecule is CCCC1CCN(C(=O)c2ccc(Cl)c(Cc3nc4c(C)cc(C#N)cc4n3C)c2Cl)CC1. The Bertz CT molecular complexity index is 1250. The van der Waals surface area contributed by atoms with Gasteiger partial charge in [0.25, 0.3) is 5.91 Å². The van der Waals surface area contributed by atoms with Crippen molar-refractivity contribution in [1.82, 2.24) is 14.5 Å². The Morgan fingerprint density at radius 1 is 1.24 bits per heavy atom. The normalized spacial score (nSPS) is 14.6. The third-order valence-electron chi connectivity index (χ3n) is 6.75. The van der Waals surface area contributed by atoms with Crippen molar-refractivity contribution in [2.45, 2.75) is 46.0 Å². The largest absolute Gasteiger partial charge is 0.339 e. The maximum Gasteiger partial charge on any atom is 0.255 e. The van der Waals surface area contributed by atoms with Crippen LogP contribution >= 0.6 is 23.2 Å². The first-order valence-corrected chi connectivity index (χ1v) is 12.2. The van der Waals surface area contributed by atoms with E-state index in [9.17, 15) is 10.1 Å². The highest BCUT2D eigenvalue weighted by Crippen LogP contribution is 2.33. The molecule has 1 fully saturated rings. The third-order valence-corrected chi connectivity index (χ3v) is 7.53. The summed E-state index contributed by atoms with van der Waals surface area (Å²) in [7, 11) is 1.92. The number of likely N-dealkylation sites (tertiary alicyclic amines) is 1. The molecule has 0 bridgehead atoms. The predicted octanol–water partition coefficient (Wildman–Crippen LogP) is 6.30. The number of nitriles is 1. The molecule has 33 heavy (non-hydrogen) atoms. The van der Waals surface area contributed by atoms with Crippen LogP contribution in [-0.2, 0) is 13.5 Å². The predicted molar refractivity (Wildman–Crippen MR) is 133 cm³/mol. The van der Waals surface area contributed by atoms with Crippen molar-refractivity contribution >= 4 is 40.1 Å². The van der Waals surface area contributed by atoms with Crippen LogP contribution in [0.15, 0.2) is 24.3 Å². The molecule has 0 spiro atoms. The second-order valence-electron chi connectivity index (χ2n) is 8.95. The minimum absolute atomic E-state index is 0.0348. The van der Waals surface area contributed by atoms with Crippen molar-refractivity contribution in [3.63, 3.8) is 0 Å². The number of aryl methyl sites for hydroxylation is 2. The highest BCUT2D eigenvalue weighted by Gasteiger charge is 2.26. The number of carbonyl (C=O) groups is 1. The van der Waals surface area contributed by atoms with Crippen LogP contribution in [0.4, 0.5) is 0 Å². The summed E-state index contributed by atoms with van der Waals surface area (Å²) < 4.78 is 1.96. The second kappa shape index (κ2) is 9.75. The summed E-state index contributed by atoms with van der Waals surface area (Å²) in [6, 6.07) is 9.35. The molecule has 0 radical (unpaired) electrons. The molecule has 0 saturated carbocycles. The number of fused-ring (bicyclic) bond motifs is 1. The maximum absolute atomic E-state index is 13.3. The lowest BCUT2D eigenvalue weighted by atomic mass is 9.92. The van der Waals surface area contributed by atoms with Gasteiger partial charge in [0, 0.05) is 31.6 Å². The standard InChI is InChI=1S/C26H28Cl2N4O/c1-4-5-17-8-10-32(11-9-17)26(33)19-6-7-21(27)20(24(19)28)14-23-30-25-16(2)12-18(15-29)13-22(25)31(23)3/h6-7,12-13,17H,4-5,8-11,14H2,1-3H3. The average Bonchev–Trinajstić information content (AvgIpc) is 3.13. The molecule has 1 aromatic heterocycles. The van der Waals surface area contributed by atoms with E-state index in [1.54, 1.807) is 12.1 Å². The number of benzene rings is 2. The lowest BCUT2D eigenvalue weighted by Gasteiger charge is -2.32. The van der Waals surface area contributed by atoms with Crippen LogP contribution in [0.25, 0.3) is 11.0 Å². The zero-order valence-electron chi connectivity index (χ0n) is 19.3. The van der Waals surface area contributed by atoms with Crippen LogP contribution in [0.3, 0.4) is 0 Å². The Labute approximate surface area is 204 Å². The number of carbonyl (C=O) groups excluding carboxylic acids is 1. The van der Waals surface area contributed by atoms with Gasteiger partial charge in [-0.25, -0.2) is 4.98 Å². The Kier molecular flexibility index (Phi) is 6.97. The number of piperidine rings is 1. The summed E-state index contributed by atoms with van der Waals surface area (Å²) >= 11 is 13.3. The number of rotatable bonds is 5. The number of amides is 1.